The molecule has 1 aliphatic carbocycles. The largest absolute Gasteiger partial charge is 0.0991 e. The topological polar surface area (TPSA) is 0 Å². The molecule has 0 nitrogen and oxygen atoms in total. The van der Waals surface area contributed by atoms with Gasteiger partial charge in [0.05, 0.1) is 0 Å². The van der Waals surface area contributed by atoms with Crippen molar-refractivity contribution in [3.8, 4) is 0 Å². The van der Waals surface area contributed by atoms with E-state index in [0.29, 0.717) is 5.41 Å². The molecule has 0 spiro atoms. The molecule has 1 saturated carbocycles. The first-order valence-corrected chi connectivity index (χ1v) is 4.68. The summed E-state index contributed by atoms with van der Waals surface area (Å²) in [5.74, 6) is 0. The van der Waals surface area contributed by atoms with Gasteiger partial charge in [-0.05, 0) is 23.8 Å². The predicted molar refractivity (Wildman–Crippen MR) is 57.2 cm³/mol. The lowest BCUT2D eigenvalue weighted by Gasteiger charge is -2.07. The first-order valence-electron chi connectivity index (χ1n) is 4.68. The highest BCUT2D eigenvalue weighted by Crippen LogP contribution is 2.51. The maximum Gasteiger partial charge on any atom is -0.00748 e. The van der Waals surface area contributed by atoms with Crippen LogP contribution < -0.4 is 0 Å². The van der Waals surface area contributed by atoms with E-state index >= 15 is 0 Å². The van der Waals surface area contributed by atoms with Crippen LogP contribution in [-0.4, -0.2) is 0 Å². The number of hydrogen-bond donors (Lipinski definition) is 0. The lowest BCUT2D eigenvalue weighted by molar-refractivity contribution is 0.710. The predicted octanol–water partition coefficient (Wildman–Crippen LogP) is 4.11. The van der Waals surface area contributed by atoms with Gasteiger partial charge in [-0.3, -0.25) is 0 Å². The highest BCUT2D eigenvalue weighted by molar-refractivity contribution is 5.32. The maximum atomic E-state index is 3.77. The third kappa shape index (κ3) is 2.69. The quantitative estimate of drug-likeness (QED) is 0.551. The van der Waals surface area contributed by atoms with Crippen LogP contribution in [0.2, 0.25) is 0 Å². The monoisotopic (exact) mass is 164 g/mol. The summed E-state index contributed by atoms with van der Waals surface area (Å²) in [6.07, 6.45) is 8.44. The van der Waals surface area contributed by atoms with E-state index in [1.807, 2.05) is 26.0 Å². The average molecular weight is 164 g/mol. The van der Waals surface area contributed by atoms with Crippen LogP contribution in [0.1, 0.15) is 33.6 Å². The van der Waals surface area contributed by atoms with Crippen molar-refractivity contribution in [3.05, 3.63) is 37.0 Å². The smallest absolute Gasteiger partial charge is 0.00748 e. The summed E-state index contributed by atoms with van der Waals surface area (Å²) < 4.78 is 0. The summed E-state index contributed by atoms with van der Waals surface area (Å²) in [4.78, 5) is 0. The van der Waals surface area contributed by atoms with Crippen molar-refractivity contribution in [1.29, 1.82) is 0 Å². The van der Waals surface area contributed by atoms with Crippen LogP contribution in [0.4, 0.5) is 0 Å². The van der Waals surface area contributed by atoms with Crippen molar-refractivity contribution in [2.75, 3.05) is 0 Å². The SMILES string of the molecule is C=C/C=C(\C=C)C1(C)CC1.CC. The fourth-order valence-corrected chi connectivity index (χ4v) is 1.12. The van der Waals surface area contributed by atoms with E-state index in [1.165, 1.54) is 18.4 Å². The van der Waals surface area contributed by atoms with Crippen LogP contribution in [-0.2, 0) is 0 Å². The standard InChI is InChI=1S/C10H14.C2H6/c1-4-6-9(5-2)10(3)7-8-10;1-2/h4-6H,1-2,7-8H2,3H3;1-2H3/b9-6+;. The van der Waals surface area contributed by atoms with E-state index in [4.69, 9.17) is 0 Å². The second-order valence-corrected chi connectivity index (χ2v) is 3.12. The van der Waals surface area contributed by atoms with Crippen molar-refractivity contribution in [2.24, 2.45) is 5.41 Å². The van der Waals surface area contributed by atoms with Gasteiger partial charge in [0.2, 0.25) is 0 Å². The Kier molecular flexibility index (Phi) is 4.65. The normalized spacial score (nSPS) is 18.8. The number of allylic oxidation sites excluding steroid dienone is 4. The molecular formula is C12H20. The lowest BCUT2D eigenvalue weighted by atomic mass is 9.98. The molecular weight excluding hydrogens is 144 g/mol. The highest BCUT2D eigenvalue weighted by atomic mass is 14.4. The molecule has 0 saturated heterocycles. The Hall–Kier alpha value is -0.780. The minimum atomic E-state index is 0.440. The van der Waals surface area contributed by atoms with Crippen LogP contribution in [0.15, 0.2) is 37.0 Å². The molecule has 0 atom stereocenters. The van der Waals surface area contributed by atoms with E-state index in [1.54, 1.807) is 0 Å². The zero-order valence-corrected chi connectivity index (χ0v) is 8.56. The highest BCUT2D eigenvalue weighted by Gasteiger charge is 2.39. The van der Waals surface area contributed by atoms with Gasteiger partial charge in [-0.1, -0.05) is 52.2 Å². The molecule has 68 valence electrons. The molecule has 0 unspecified atom stereocenters. The Labute approximate surface area is 76.7 Å². The van der Waals surface area contributed by atoms with Gasteiger partial charge in [0.25, 0.3) is 0 Å². The fourth-order valence-electron chi connectivity index (χ4n) is 1.12. The maximum absolute atomic E-state index is 3.77. The summed E-state index contributed by atoms with van der Waals surface area (Å²) in [7, 11) is 0. The van der Waals surface area contributed by atoms with Gasteiger partial charge in [-0.25, -0.2) is 0 Å². The Bertz CT molecular complexity index is 180. The fraction of sp³-hybridized carbons (Fsp3) is 0.500. The molecule has 0 heteroatoms. The average Bonchev–Trinajstić information content (AvgIpc) is 2.84. The molecule has 0 aromatic heterocycles. The zero-order valence-electron chi connectivity index (χ0n) is 8.56. The minimum absolute atomic E-state index is 0.440. The van der Waals surface area contributed by atoms with Crippen LogP contribution >= 0.6 is 0 Å². The molecule has 0 bridgehead atoms. The Morgan fingerprint density at radius 2 is 1.75 bits per heavy atom. The van der Waals surface area contributed by atoms with E-state index in [0.717, 1.165) is 0 Å². The third-order valence-electron chi connectivity index (χ3n) is 2.21. The Morgan fingerprint density at radius 3 is 2.00 bits per heavy atom. The molecule has 1 fully saturated rings. The van der Waals surface area contributed by atoms with Crippen LogP contribution in [0.25, 0.3) is 0 Å². The molecule has 0 heterocycles. The van der Waals surface area contributed by atoms with Crippen molar-refractivity contribution >= 4 is 0 Å². The minimum Gasteiger partial charge on any atom is -0.0991 e. The Morgan fingerprint density at radius 1 is 1.25 bits per heavy atom. The molecule has 1 rings (SSSR count). The molecule has 0 N–H and O–H groups in total. The zero-order chi connectivity index (χ0) is 9.61. The molecule has 1 aliphatic rings. The van der Waals surface area contributed by atoms with Gasteiger partial charge in [0.15, 0.2) is 0 Å². The molecule has 12 heavy (non-hydrogen) atoms. The van der Waals surface area contributed by atoms with Crippen molar-refractivity contribution in [2.45, 2.75) is 33.6 Å². The van der Waals surface area contributed by atoms with E-state index < -0.39 is 0 Å². The Balaban J connectivity index is 0.000000561. The van der Waals surface area contributed by atoms with Gasteiger partial charge in [0.1, 0.15) is 0 Å². The summed E-state index contributed by atoms with van der Waals surface area (Å²) in [5, 5.41) is 0. The van der Waals surface area contributed by atoms with Gasteiger partial charge in [-0.2, -0.15) is 0 Å². The first kappa shape index (κ1) is 11.2. The molecule has 0 aromatic carbocycles. The van der Waals surface area contributed by atoms with Crippen molar-refractivity contribution in [3.63, 3.8) is 0 Å². The van der Waals surface area contributed by atoms with Gasteiger partial charge in [0, 0.05) is 0 Å². The van der Waals surface area contributed by atoms with Gasteiger partial charge >= 0.3 is 0 Å². The number of hydrogen-bond acceptors (Lipinski definition) is 0. The third-order valence-corrected chi connectivity index (χ3v) is 2.21. The molecule has 0 aliphatic heterocycles. The van der Waals surface area contributed by atoms with Crippen LogP contribution in [0, 0.1) is 5.41 Å². The molecule has 0 aromatic rings. The van der Waals surface area contributed by atoms with Gasteiger partial charge in [-0.15, -0.1) is 0 Å². The summed E-state index contributed by atoms with van der Waals surface area (Å²) in [5.41, 5.74) is 1.78. The lowest BCUT2D eigenvalue weighted by Crippen LogP contribution is -1.94. The van der Waals surface area contributed by atoms with Crippen LogP contribution in [0.5, 0.6) is 0 Å². The number of rotatable bonds is 3. The first-order chi connectivity index (χ1) is 5.73. The summed E-state index contributed by atoms with van der Waals surface area (Å²) in [6, 6.07) is 0. The molecule has 0 amide bonds. The van der Waals surface area contributed by atoms with Gasteiger partial charge < -0.3 is 0 Å². The second kappa shape index (κ2) is 4.97. The summed E-state index contributed by atoms with van der Waals surface area (Å²) in [6.45, 7) is 13.7. The van der Waals surface area contributed by atoms with E-state index in [9.17, 15) is 0 Å². The summed E-state index contributed by atoms with van der Waals surface area (Å²) >= 11 is 0. The second-order valence-electron chi connectivity index (χ2n) is 3.12. The van der Waals surface area contributed by atoms with Crippen molar-refractivity contribution < 1.29 is 0 Å². The van der Waals surface area contributed by atoms with Crippen LogP contribution in [0.3, 0.4) is 0 Å². The van der Waals surface area contributed by atoms with Crippen molar-refractivity contribution in [1.82, 2.24) is 0 Å². The van der Waals surface area contributed by atoms with E-state index in [-0.39, 0.29) is 0 Å². The van der Waals surface area contributed by atoms with E-state index in [2.05, 4.69) is 26.2 Å². The molecule has 0 radical (unpaired) electrons.